The number of nitrogen functional groups attached to an aromatic ring is 1. The molecule has 21 heavy (non-hydrogen) atoms. The second kappa shape index (κ2) is 5.96. The minimum atomic E-state index is 0.0634. The Balaban J connectivity index is 1.88. The van der Waals surface area contributed by atoms with Crippen molar-refractivity contribution in [2.75, 3.05) is 12.3 Å². The molecule has 1 heterocycles. The number of hydrogen-bond acceptors (Lipinski definition) is 2. The van der Waals surface area contributed by atoms with E-state index in [1.165, 1.54) is 5.56 Å². The normalized spacial score (nSPS) is 13.9. The van der Waals surface area contributed by atoms with Gasteiger partial charge in [-0.3, -0.25) is 4.79 Å². The first-order valence-corrected chi connectivity index (χ1v) is 8.53. The molecule has 2 N–H and O–H groups in total. The predicted molar refractivity (Wildman–Crippen MR) is 96.2 cm³/mol. The number of carbonyl (C=O) groups is 1. The van der Waals surface area contributed by atoms with Crippen LogP contribution in [0.4, 0.5) is 5.69 Å². The number of carbonyl (C=O) groups excluding carboxylic acids is 1. The van der Waals surface area contributed by atoms with Gasteiger partial charge in [0.2, 0.25) is 0 Å². The first-order valence-electron chi connectivity index (χ1n) is 6.66. The second-order valence-electron chi connectivity index (χ2n) is 5.13. The first kappa shape index (κ1) is 14.8. The number of rotatable bonds is 1. The number of nitrogens with zero attached hydrogens (tertiary/aromatic N) is 1. The Morgan fingerprint density at radius 2 is 2.00 bits per heavy atom. The molecule has 0 bridgehead atoms. The van der Waals surface area contributed by atoms with Crippen LogP contribution in [-0.4, -0.2) is 17.4 Å². The van der Waals surface area contributed by atoms with E-state index in [0.29, 0.717) is 12.1 Å². The highest BCUT2D eigenvalue weighted by Gasteiger charge is 2.23. The van der Waals surface area contributed by atoms with E-state index in [-0.39, 0.29) is 5.91 Å². The minimum Gasteiger partial charge on any atom is -0.399 e. The van der Waals surface area contributed by atoms with Crippen molar-refractivity contribution in [1.82, 2.24) is 4.90 Å². The van der Waals surface area contributed by atoms with Crippen LogP contribution in [0.2, 0.25) is 0 Å². The summed E-state index contributed by atoms with van der Waals surface area (Å²) in [6, 6.07) is 11.8. The summed E-state index contributed by atoms with van der Waals surface area (Å²) in [7, 11) is 0. The molecule has 0 saturated heterocycles. The number of amides is 1. The molecule has 1 aliphatic rings. The Kier molecular flexibility index (Phi) is 4.21. The van der Waals surface area contributed by atoms with Gasteiger partial charge in [-0.2, -0.15) is 0 Å². The summed E-state index contributed by atoms with van der Waals surface area (Å²) in [5.74, 6) is 0.0634. The molecule has 0 fully saturated rings. The van der Waals surface area contributed by atoms with Crippen molar-refractivity contribution in [2.24, 2.45) is 0 Å². The average molecular weight is 457 g/mol. The quantitative estimate of drug-likeness (QED) is 0.523. The zero-order valence-corrected chi connectivity index (χ0v) is 15.0. The van der Waals surface area contributed by atoms with Crippen molar-refractivity contribution in [3.8, 4) is 0 Å². The Labute approximate surface area is 145 Å². The predicted octanol–water partition coefficient (Wildman–Crippen LogP) is 3.83. The summed E-state index contributed by atoms with van der Waals surface area (Å²) >= 11 is 5.69. The fourth-order valence-electron chi connectivity index (χ4n) is 2.58. The molecule has 108 valence electrons. The van der Waals surface area contributed by atoms with Crippen molar-refractivity contribution in [1.29, 1.82) is 0 Å². The van der Waals surface area contributed by atoms with Crippen LogP contribution in [-0.2, 0) is 13.0 Å². The molecule has 3 nitrogen and oxygen atoms in total. The van der Waals surface area contributed by atoms with E-state index in [1.807, 2.05) is 35.2 Å². The number of benzene rings is 2. The van der Waals surface area contributed by atoms with E-state index in [0.717, 1.165) is 32.3 Å². The topological polar surface area (TPSA) is 46.3 Å². The van der Waals surface area contributed by atoms with Crippen molar-refractivity contribution in [3.63, 3.8) is 0 Å². The van der Waals surface area contributed by atoms with E-state index >= 15 is 0 Å². The van der Waals surface area contributed by atoms with Crippen LogP contribution in [0, 0.1) is 3.57 Å². The fraction of sp³-hybridized carbons (Fsp3) is 0.188. The summed E-state index contributed by atoms with van der Waals surface area (Å²) in [6.07, 6.45) is 0.878. The molecule has 0 aromatic heterocycles. The van der Waals surface area contributed by atoms with Crippen LogP contribution >= 0.6 is 38.5 Å². The van der Waals surface area contributed by atoms with Gasteiger partial charge in [0.15, 0.2) is 0 Å². The van der Waals surface area contributed by atoms with Gasteiger partial charge in [0.05, 0.1) is 5.56 Å². The molecule has 1 aliphatic heterocycles. The van der Waals surface area contributed by atoms with Gasteiger partial charge in [-0.15, -0.1) is 0 Å². The maximum Gasteiger partial charge on any atom is 0.255 e. The molecule has 5 heteroatoms. The van der Waals surface area contributed by atoms with Gasteiger partial charge in [-0.05, 0) is 86.4 Å². The third-order valence-corrected chi connectivity index (χ3v) is 5.05. The molecule has 0 radical (unpaired) electrons. The zero-order valence-electron chi connectivity index (χ0n) is 11.3. The standard InChI is InChI=1S/C16H14BrIN2O/c17-15-4-2-12(18)8-14(15)16(21)20-6-5-10-1-3-13(19)7-11(10)9-20/h1-4,7-8H,5-6,9,19H2. The highest BCUT2D eigenvalue weighted by molar-refractivity contribution is 14.1. The number of hydrogen-bond donors (Lipinski definition) is 1. The monoisotopic (exact) mass is 456 g/mol. The van der Waals surface area contributed by atoms with Crippen molar-refractivity contribution >= 4 is 50.1 Å². The van der Waals surface area contributed by atoms with E-state index in [9.17, 15) is 4.79 Å². The SMILES string of the molecule is Nc1ccc2c(c1)CN(C(=O)c1cc(I)ccc1Br)CC2. The molecule has 2 aromatic rings. The van der Waals surface area contributed by atoms with Gasteiger partial charge in [-0.25, -0.2) is 0 Å². The third kappa shape index (κ3) is 3.08. The third-order valence-electron chi connectivity index (χ3n) is 3.69. The molecule has 0 aliphatic carbocycles. The van der Waals surface area contributed by atoms with Gasteiger partial charge in [-0.1, -0.05) is 6.07 Å². The van der Waals surface area contributed by atoms with Crippen LogP contribution in [0.25, 0.3) is 0 Å². The molecule has 0 spiro atoms. The van der Waals surface area contributed by atoms with Gasteiger partial charge >= 0.3 is 0 Å². The largest absolute Gasteiger partial charge is 0.399 e. The van der Waals surface area contributed by atoms with E-state index < -0.39 is 0 Å². The van der Waals surface area contributed by atoms with Crippen molar-refractivity contribution in [2.45, 2.75) is 13.0 Å². The number of nitrogens with two attached hydrogens (primary N) is 1. The van der Waals surface area contributed by atoms with E-state index in [4.69, 9.17) is 5.73 Å². The lowest BCUT2D eigenvalue weighted by Gasteiger charge is -2.29. The highest BCUT2D eigenvalue weighted by atomic mass is 127. The highest BCUT2D eigenvalue weighted by Crippen LogP contribution is 2.26. The summed E-state index contributed by atoms with van der Waals surface area (Å²) in [5.41, 5.74) is 9.75. The summed E-state index contributed by atoms with van der Waals surface area (Å²) in [5, 5.41) is 0. The second-order valence-corrected chi connectivity index (χ2v) is 7.23. The maximum absolute atomic E-state index is 12.7. The Morgan fingerprint density at radius 3 is 2.81 bits per heavy atom. The molecule has 0 atom stereocenters. The van der Waals surface area contributed by atoms with Crippen molar-refractivity contribution in [3.05, 3.63) is 61.1 Å². The fourth-order valence-corrected chi connectivity index (χ4v) is 3.49. The molecule has 0 unspecified atom stereocenters. The summed E-state index contributed by atoms with van der Waals surface area (Å²) in [6.45, 7) is 1.37. The van der Waals surface area contributed by atoms with Gasteiger partial charge < -0.3 is 10.6 Å². The van der Waals surface area contributed by atoms with Crippen LogP contribution in [0.5, 0.6) is 0 Å². The Morgan fingerprint density at radius 1 is 1.19 bits per heavy atom. The lowest BCUT2D eigenvalue weighted by molar-refractivity contribution is 0.0733. The van der Waals surface area contributed by atoms with Crippen LogP contribution in [0.15, 0.2) is 40.9 Å². The van der Waals surface area contributed by atoms with E-state index in [1.54, 1.807) is 0 Å². The van der Waals surface area contributed by atoms with Crippen LogP contribution in [0.1, 0.15) is 21.5 Å². The van der Waals surface area contributed by atoms with Crippen LogP contribution < -0.4 is 5.73 Å². The smallest absolute Gasteiger partial charge is 0.255 e. The first-order chi connectivity index (χ1) is 10.0. The Hall–Kier alpha value is -1.08. The number of fused-ring (bicyclic) bond motifs is 1. The molecule has 3 rings (SSSR count). The lowest BCUT2D eigenvalue weighted by Crippen LogP contribution is -2.36. The lowest BCUT2D eigenvalue weighted by atomic mass is 9.98. The number of anilines is 1. The number of halogens is 2. The molecular formula is C16H14BrIN2O. The Bertz CT molecular complexity index is 717. The summed E-state index contributed by atoms with van der Waals surface area (Å²) < 4.78 is 1.90. The van der Waals surface area contributed by atoms with Crippen molar-refractivity contribution < 1.29 is 4.79 Å². The maximum atomic E-state index is 12.7. The molecular weight excluding hydrogens is 443 g/mol. The molecule has 0 saturated carbocycles. The summed E-state index contributed by atoms with van der Waals surface area (Å²) in [4.78, 5) is 14.6. The molecule has 1 amide bonds. The van der Waals surface area contributed by atoms with Gasteiger partial charge in [0.1, 0.15) is 0 Å². The van der Waals surface area contributed by atoms with E-state index in [2.05, 4.69) is 44.6 Å². The zero-order chi connectivity index (χ0) is 15.0. The van der Waals surface area contributed by atoms with Gasteiger partial charge in [0.25, 0.3) is 5.91 Å². The van der Waals surface area contributed by atoms with Gasteiger partial charge in [0, 0.05) is 26.8 Å². The van der Waals surface area contributed by atoms with Crippen LogP contribution in [0.3, 0.4) is 0 Å². The minimum absolute atomic E-state index is 0.0634. The average Bonchev–Trinajstić information content (AvgIpc) is 2.48. The molecule has 2 aromatic carbocycles.